The summed E-state index contributed by atoms with van der Waals surface area (Å²) in [5.41, 5.74) is 1.15. The number of benzene rings is 1. The van der Waals surface area contributed by atoms with Crippen molar-refractivity contribution in [2.45, 2.75) is 19.0 Å². The Hall–Kier alpha value is -1.06. The van der Waals surface area contributed by atoms with Crippen LogP contribution in [0.5, 0.6) is 0 Å². The van der Waals surface area contributed by atoms with E-state index in [4.69, 9.17) is 16.3 Å². The lowest BCUT2D eigenvalue weighted by atomic mass is 10.1. The number of nitrogens with zero attached hydrogens (tertiary/aromatic N) is 1. The van der Waals surface area contributed by atoms with Crippen molar-refractivity contribution in [1.82, 2.24) is 4.90 Å². The summed E-state index contributed by atoms with van der Waals surface area (Å²) < 4.78 is 4.94. The van der Waals surface area contributed by atoms with E-state index in [-0.39, 0.29) is 12.0 Å². The summed E-state index contributed by atoms with van der Waals surface area (Å²) >= 11 is 5.81. The molecule has 1 atom stereocenters. The van der Waals surface area contributed by atoms with Crippen LogP contribution >= 0.6 is 11.6 Å². The van der Waals surface area contributed by atoms with Gasteiger partial charge in [-0.3, -0.25) is 9.69 Å². The molecule has 86 valence electrons. The van der Waals surface area contributed by atoms with Gasteiger partial charge in [0, 0.05) is 18.0 Å². The Morgan fingerprint density at radius 3 is 2.69 bits per heavy atom. The Morgan fingerprint density at radius 1 is 1.44 bits per heavy atom. The highest BCUT2D eigenvalue weighted by atomic mass is 35.5. The molecule has 16 heavy (non-hydrogen) atoms. The van der Waals surface area contributed by atoms with Crippen molar-refractivity contribution in [1.29, 1.82) is 0 Å². The third-order valence-electron chi connectivity index (χ3n) is 2.78. The number of carbonyl (C=O) groups excluding carboxylic acids is 1. The summed E-state index contributed by atoms with van der Waals surface area (Å²) in [6, 6.07) is 7.56. The van der Waals surface area contributed by atoms with Gasteiger partial charge in [0.1, 0.15) is 6.04 Å². The summed E-state index contributed by atoms with van der Waals surface area (Å²) in [4.78, 5) is 13.4. The molecule has 4 heteroatoms. The Morgan fingerprint density at radius 2 is 2.12 bits per heavy atom. The number of likely N-dealkylation sites (N-methyl/N-ethyl adjacent to an activating group) is 1. The van der Waals surface area contributed by atoms with Gasteiger partial charge in [0.2, 0.25) is 0 Å². The zero-order valence-corrected chi connectivity index (χ0v) is 9.91. The van der Waals surface area contributed by atoms with Crippen molar-refractivity contribution in [3.8, 4) is 0 Å². The highest BCUT2D eigenvalue weighted by Gasteiger charge is 2.29. The largest absolute Gasteiger partial charge is 0.464 e. The molecule has 1 aliphatic heterocycles. The zero-order chi connectivity index (χ0) is 11.5. The van der Waals surface area contributed by atoms with Crippen LogP contribution in [0.3, 0.4) is 0 Å². The molecule has 0 radical (unpaired) electrons. The lowest BCUT2D eigenvalue weighted by molar-refractivity contribution is -0.142. The summed E-state index contributed by atoms with van der Waals surface area (Å²) in [7, 11) is 1.94. The van der Waals surface area contributed by atoms with Gasteiger partial charge in [0.15, 0.2) is 0 Å². The van der Waals surface area contributed by atoms with Gasteiger partial charge in [-0.25, -0.2) is 0 Å². The molecule has 0 saturated carbocycles. The number of halogens is 1. The van der Waals surface area contributed by atoms with E-state index in [1.807, 2.05) is 36.2 Å². The van der Waals surface area contributed by atoms with E-state index in [1.54, 1.807) is 0 Å². The van der Waals surface area contributed by atoms with Crippen LogP contribution in [0.1, 0.15) is 12.0 Å². The molecule has 1 aliphatic rings. The predicted molar refractivity (Wildman–Crippen MR) is 62.3 cm³/mol. The highest BCUT2D eigenvalue weighted by Crippen LogP contribution is 2.16. The molecular weight excluding hydrogens is 226 g/mol. The van der Waals surface area contributed by atoms with Crippen molar-refractivity contribution in [2.75, 3.05) is 13.7 Å². The molecule has 1 fully saturated rings. The summed E-state index contributed by atoms with van der Waals surface area (Å²) in [6.07, 6.45) is 0.781. The van der Waals surface area contributed by atoms with Crippen LogP contribution < -0.4 is 0 Å². The molecule has 1 unspecified atom stereocenters. The Bertz CT molecular complexity index is 377. The fourth-order valence-corrected chi connectivity index (χ4v) is 2.00. The maximum absolute atomic E-state index is 11.4. The van der Waals surface area contributed by atoms with Gasteiger partial charge in [-0.15, -0.1) is 0 Å². The SMILES string of the molecule is CN(Cc1ccc(Cl)cc1)C1CCOC1=O. The van der Waals surface area contributed by atoms with Gasteiger partial charge in [-0.1, -0.05) is 23.7 Å². The van der Waals surface area contributed by atoms with Crippen LogP contribution in [0.15, 0.2) is 24.3 Å². The molecule has 3 nitrogen and oxygen atoms in total. The van der Waals surface area contributed by atoms with E-state index in [9.17, 15) is 4.79 Å². The van der Waals surface area contributed by atoms with Crippen molar-refractivity contribution >= 4 is 17.6 Å². The lowest BCUT2D eigenvalue weighted by Crippen LogP contribution is -2.34. The first-order valence-corrected chi connectivity index (χ1v) is 5.66. The predicted octanol–water partition coefficient (Wildman–Crippen LogP) is 2.09. The number of hydrogen-bond acceptors (Lipinski definition) is 3. The molecule has 0 aliphatic carbocycles. The van der Waals surface area contributed by atoms with Crippen molar-refractivity contribution in [3.63, 3.8) is 0 Å². The summed E-state index contributed by atoms with van der Waals surface area (Å²) in [6.45, 7) is 1.27. The fraction of sp³-hybridized carbons (Fsp3) is 0.417. The average Bonchev–Trinajstić information content (AvgIpc) is 2.68. The minimum atomic E-state index is -0.114. The van der Waals surface area contributed by atoms with E-state index in [1.165, 1.54) is 0 Å². The van der Waals surface area contributed by atoms with Gasteiger partial charge in [-0.05, 0) is 24.7 Å². The van der Waals surface area contributed by atoms with Crippen molar-refractivity contribution in [3.05, 3.63) is 34.9 Å². The third-order valence-corrected chi connectivity index (χ3v) is 3.04. The molecule has 1 saturated heterocycles. The van der Waals surface area contributed by atoms with Crippen LogP contribution in [-0.4, -0.2) is 30.6 Å². The number of ether oxygens (including phenoxy) is 1. The molecule has 0 N–H and O–H groups in total. The standard InChI is InChI=1S/C12H14ClNO2/c1-14(11-6-7-16-12(11)15)8-9-2-4-10(13)5-3-9/h2-5,11H,6-8H2,1H3. The second-order valence-electron chi connectivity index (χ2n) is 4.01. The molecule has 2 rings (SSSR count). The molecule has 1 aromatic rings. The summed E-state index contributed by atoms with van der Waals surface area (Å²) in [5, 5.41) is 0.728. The third kappa shape index (κ3) is 2.54. The van der Waals surface area contributed by atoms with E-state index in [0.717, 1.165) is 23.6 Å². The number of hydrogen-bond donors (Lipinski definition) is 0. The second-order valence-corrected chi connectivity index (χ2v) is 4.45. The number of rotatable bonds is 3. The average molecular weight is 240 g/mol. The monoisotopic (exact) mass is 239 g/mol. The van der Waals surface area contributed by atoms with Crippen LogP contribution in [0.2, 0.25) is 5.02 Å². The van der Waals surface area contributed by atoms with Gasteiger partial charge in [0.05, 0.1) is 6.61 Å². The molecule has 0 bridgehead atoms. The van der Waals surface area contributed by atoms with E-state index in [0.29, 0.717) is 6.61 Å². The van der Waals surface area contributed by atoms with Crippen LogP contribution in [-0.2, 0) is 16.1 Å². The lowest BCUT2D eigenvalue weighted by Gasteiger charge is -2.20. The first-order chi connectivity index (χ1) is 7.66. The smallest absolute Gasteiger partial charge is 0.323 e. The van der Waals surface area contributed by atoms with Gasteiger partial charge < -0.3 is 4.74 Å². The molecule has 0 aromatic heterocycles. The van der Waals surface area contributed by atoms with Gasteiger partial charge >= 0.3 is 5.97 Å². The van der Waals surface area contributed by atoms with Crippen LogP contribution in [0.4, 0.5) is 0 Å². The van der Waals surface area contributed by atoms with E-state index in [2.05, 4.69) is 0 Å². The zero-order valence-electron chi connectivity index (χ0n) is 9.15. The van der Waals surface area contributed by atoms with E-state index >= 15 is 0 Å². The van der Waals surface area contributed by atoms with Crippen LogP contribution in [0.25, 0.3) is 0 Å². The second kappa shape index (κ2) is 4.85. The maximum atomic E-state index is 11.4. The molecule has 0 amide bonds. The molecule has 0 spiro atoms. The highest BCUT2D eigenvalue weighted by molar-refractivity contribution is 6.30. The maximum Gasteiger partial charge on any atom is 0.323 e. The van der Waals surface area contributed by atoms with Crippen LogP contribution in [0, 0.1) is 0 Å². The summed E-state index contributed by atoms with van der Waals surface area (Å²) in [5.74, 6) is -0.114. The minimum absolute atomic E-state index is 0.101. The fourth-order valence-electron chi connectivity index (χ4n) is 1.87. The van der Waals surface area contributed by atoms with Crippen molar-refractivity contribution in [2.24, 2.45) is 0 Å². The first-order valence-electron chi connectivity index (χ1n) is 5.28. The quantitative estimate of drug-likeness (QED) is 0.757. The molecule has 1 aromatic carbocycles. The first kappa shape index (κ1) is 11.4. The Balaban J connectivity index is 1.98. The number of cyclic esters (lactones) is 1. The number of esters is 1. The van der Waals surface area contributed by atoms with E-state index < -0.39 is 0 Å². The normalized spacial score (nSPS) is 20.2. The number of carbonyl (C=O) groups is 1. The molecule has 1 heterocycles. The molecular formula is C12H14ClNO2. The minimum Gasteiger partial charge on any atom is -0.464 e. The van der Waals surface area contributed by atoms with Gasteiger partial charge in [-0.2, -0.15) is 0 Å². The Labute approximate surface area is 100.0 Å². The topological polar surface area (TPSA) is 29.5 Å². The van der Waals surface area contributed by atoms with Crippen molar-refractivity contribution < 1.29 is 9.53 Å². The van der Waals surface area contributed by atoms with Gasteiger partial charge in [0.25, 0.3) is 0 Å². The Kier molecular flexibility index (Phi) is 3.46.